The van der Waals surface area contributed by atoms with Gasteiger partial charge < -0.3 is 20.6 Å². The van der Waals surface area contributed by atoms with Crippen LogP contribution in [0.15, 0.2) is 0 Å². The SMILES string of the molecule is CCCCCCCC[Si](C)(C)O[Si](O[Si](C)(C)CCCCCCCC)(O[Si](O[Si](C)(C)CCCCCCCC)(O[Si](C)(C)CCCCCCCC)C1CCCCC1)C1CCCCC1. The standard InChI is InChI=1S/C52H114O5Si6/c1-13-17-21-25-29-39-47-58(5,6)53-62(51-43-35-33-36-44-51,54-59(7,8)48-40-30-26-22-18-14-2)57-63(52-45-37-34-38-46-52,55-60(9,10)49-41-31-27-23-19-15-3)56-61(11,12)50-42-32-28-24-20-16-4/h51-52H,13-50H2,1-12H3. The quantitative estimate of drug-likeness (QED) is 0.0452. The Morgan fingerprint density at radius 1 is 0.270 bits per heavy atom. The van der Waals surface area contributed by atoms with Gasteiger partial charge in [0.15, 0.2) is 33.3 Å². The fourth-order valence-electron chi connectivity index (χ4n) is 10.8. The highest BCUT2D eigenvalue weighted by Gasteiger charge is 2.65. The molecule has 376 valence electrons. The normalized spacial score (nSPS) is 17.0. The zero-order chi connectivity index (χ0) is 46.6. The number of unbranched alkanes of at least 4 members (excludes halogenated alkanes) is 20. The van der Waals surface area contributed by atoms with Gasteiger partial charge in [0.25, 0.3) is 0 Å². The molecule has 0 aliphatic heterocycles. The Morgan fingerprint density at radius 3 is 0.698 bits per heavy atom. The molecule has 0 aromatic rings. The van der Waals surface area contributed by atoms with E-state index < -0.39 is 50.9 Å². The van der Waals surface area contributed by atoms with Gasteiger partial charge in [0.05, 0.1) is 0 Å². The number of hydrogen-bond donors (Lipinski definition) is 0. The van der Waals surface area contributed by atoms with Crippen molar-refractivity contribution < 1.29 is 20.6 Å². The maximum atomic E-state index is 8.61. The summed E-state index contributed by atoms with van der Waals surface area (Å²) in [5.74, 6) is 0. The van der Waals surface area contributed by atoms with E-state index in [4.69, 9.17) is 20.6 Å². The number of hydrogen-bond acceptors (Lipinski definition) is 5. The maximum Gasteiger partial charge on any atom is 0.475 e. The molecule has 0 unspecified atom stereocenters. The average Bonchev–Trinajstić information content (AvgIpc) is 3.23. The second kappa shape index (κ2) is 32.8. The van der Waals surface area contributed by atoms with Crippen molar-refractivity contribution in [2.75, 3.05) is 0 Å². The third-order valence-corrected chi connectivity index (χ3v) is 39.8. The van der Waals surface area contributed by atoms with Gasteiger partial charge in [-0.2, -0.15) is 0 Å². The van der Waals surface area contributed by atoms with Crippen molar-refractivity contribution in [3.8, 4) is 0 Å². The van der Waals surface area contributed by atoms with Gasteiger partial charge in [0.1, 0.15) is 0 Å². The van der Waals surface area contributed by atoms with Gasteiger partial charge in [-0.05, 0) is 102 Å². The first-order valence-electron chi connectivity index (χ1n) is 28.5. The molecule has 0 bridgehead atoms. The molecule has 0 aromatic heterocycles. The minimum Gasteiger partial charge on any atom is -0.416 e. The van der Waals surface area contributed by atoms with E-state index in [0.717, 1.165) is 0 Å². The lowest BCUT2D eigenvalue weighted by molar-refractivity contribution is 0.140. The minimum atomic E-state index is -3.37. The van der Waals surface area contributed by atoms with Crippen LogP contribution in [-0.4, -0.2) is 50.9 Å². The Hall–Kier alpha value is 1.10. The van der Waals surface area contributed by atoms with Crippen LogP contribution in [0, 0.1) is 0 Å². The molecule has 5 nitrogen and oxygen atoms in total. The lowest BCUT2D eigenvalue weighted by Crippen LogP contribution is -2.71. The highest BCUT2D eigenvalue weighted by Crippen LogP contribution is 2.50. The van der Waals surface area contributed by atoms with Crippen LogP contribution in [0.2, 0.25) is 87.6 Å². The van der Waals surface area contributed by atoms with Gasteiger partial charge in [-0.3, -0.25) is 0 Å². The summed E-state index contributed by atoms with van der Waals surface area (Å²) < 4.78 is 41.5. The summed E-state index contributed by atoms with van der Waals surface area (Å²) in [4.78, 5) is 0. The van der Waals surface area contributed by atoms with E-state index in [2.05, 4.69) is 80.1 Å². The predicted molar refractivity (Wildman–Crippen MR) is 293 cm³/mol. The van der Waals surface area contributed by atoms with E-state index in [0.29, 0.717) is 11.1 Å². The van der Waals surface area contributed by atoms with Crippen LogP contribution in [0.4, 0.5) is 0 Å². The minimum absolute atomic E-state index is 0.355. The molecule has 0 amide bonds. The van der Waals surface area contributed by atoms with Gasteiger partial charge in [-0.25, -0.2) is 0 Å². The van der Waals surface area contributed by atoms with Crippen LogP contribution in [0.5, 0.6) is 0 Å². The van der Waals surface area contributed by atoms with Gasteiger partial charge in [-0.15, -0.1) is 0 Å². The summed E-state index contributed by atoms with van der Waals surface area (Å²) in [6, 6.07) is 4.79. The zero-order valence-corrected chi connectivity index (χ0v) is 51.1. The van der Waals surface area contributed by atoms with Crippen LogP contribution in [0.1, 0.15) is 246 Å². The molecule has 0 heterocycles. The lowest BCUT2D eigenvalue weighted by Gasteiger charge is -2.53. The number of rotatable bonds is 40. The van der Waals surface area contributed by atoms with Crippen molar-refractivity contribution in [1.29, 1.82) is 0 Å². The van der Waals surface area contributed by atoms with Gasteiger partial charge in [0, 0.05) is 11.1 Å². The first-order chi connectivity index (χ1) is 30.0. The van der Waals surface area contributed by atoms with Gasteiger partial charge in [-0.1, -0.05) is 220 Å². The summed E-state index contributed by atoms with van der Waals surface area (Å²) in [5.41, 5.74) is 0.710. The molecule has 2 saturated carbocycles. The molecule has 2 fully saturated rings. The third kappa shape index (κ3) is 26.0. The zero-order valence-electron chi connectivity index (χ0n) is 45.1. The van der Waals surface area contributed by atoms with Crippen molar-refractivity contribution in [2.45, 2.75) is 334 Å². The summed E-state index contributed by atoms with van der Waals surface area (Å²) in [6.07, 6.45) is 44.4. The summed E-state index contributed by atoms with van der Waals surface area (Å²) in [6.45, 7) is 29.6. The first kappa shape index (κ1) is 60.2. The molecule has 0 saturated heterocycles. The smallest absolute Gasteiger partial charge is 0.416 e. The molecule has 2 aliphatic carbocycles. The van der Waals surface area contributed by atoms with Crippen molar-refractivity contribution in [1.82, 2.24) is 0 Å². The van der Waals surface area contributed by atoms with E-state index in [1.165, 1.54) is 242 Å². The van der Waals surface area contributed by atoms with Crippen LogP contribution in [-0.2, 0) is 20.6 Å². The van der Waals surface area contributed by atoms with E-state index in [1.54, 1.807) is 0 Å². The van der Waals surface area contributed by atoms with Gasteiger partial charge >= 0.3 is 17.6 Å². The second-order valence-corrected chi connectivity index (χ2v) is 47.7. The predicted octanol–water partition coefficient (Wildman–Crippen LogP) is 19.9. The molecular weight excluding hydrogens is 873 g/mol. The summed E-state index contributed by atoms with van der Waals surface area (Å²) >= 11 is 0. The molecule has 0 aromatic carbocycles. The fourth-order valence-corrected chi connectivity index (χ4v) is 40.2. The van der Waals surface area contributed by atoms with E-state index in [1.807, 2.05) is 0 Å². The van der Waals surface area contributed by atoms with Crippen molar-refractivity contribution in [2.24, 2.45) is 0 Å². The largest absolute Gasteiger partial charge is 0.475 e. The van der Waals surface area contributed by atoms with E-state index >= 15 is 0 Å². The summed E-state index contributed by atoms with van der Waals surface area (Å²) in [7, 11) is -15.6. The third-order valence-electron chi connectivity index (χ3n) is 14.7. The molecule has 2 aliphatic rings. The van der Waals surface area contributed by atoms with Crippen molar-refractivity contribution in [3.63, 3.8) is 0 Å². The van der Waals surface area contributed by atoms with Crippen molar-refractivity contribution >= 4 is 50.9 Å². The second-order valence-electron chi connectivity index (χ2n) is 23.5. The molecule has 0 N–H and O–H groups in total. The Bertz CT molecular complexity index is 967. The van der Waals surface area contributed by atoms with E-state index in [-0.39, 0.29) is 0 Å². The topological polar surface area (TPSA) is 46.2 Å². The summed E-state index contributed by atoms with van der Waals surface area (Å²) in [5, 5.41) is 0. The van der Waals surface area contributed by atoms with Crippen LogP contribution < -0.4 is 0 Å². The molecule has 2 rings (SSSR count). The molecule has 11 heteroatoms. The van der Waals surface area contributed by atoms with Crippen LogP contribution in [0.3, 0.4) is 0 Å². The molecule has 63 heavy (non-hydrogen) atoms. The van der Waals surface area contributed by atoms with Crippen LogP contribution >= 0.6 is 0 Å². The Kier molecular flexibility index (Phi) is 31.4. The molecule has 0 atom stereocenters. The Morgan fingerprint density at radius 2 is 0.476 bits per heavy atom. The first-order valence-corrected chi connectivity index (χ1v) is 44.6. The maximum absolute atomic E-state index is 8.61. The van der Waals surface area contributed by atoms with Gasteiger partial charge in [0.2, 0.25) is 0 Å². The monoisotopic (exact) mass is 987 g/mol. The fraction of sp³-hybridized carbons (Fsp3) is 1.00. The highest BCUT2D eigenvalue weighted by molar-refractivity contribution is 6.94. The molecule has 0 spiro atoms. The average molecular weight is 988 g/mol. The van der Waals surface area contributed by atoms with Crippen molar-refractivity contribution in [3.05, 3.63) is 0 Å². The van der Waals surface area contributed by atoms with E-state index in [9.17, 15) is 0 Å². The lowest BCUT2D eigenvalue weighted by atomic mass is 10.0. The Labute approximate surface area is 402 Å². The molecular formula is C52H114O5Si6. The molecule has 0 radical (unpaired) electrons. The van der Waals surface area contributed by atoms with Crippen LogP contribution in [0.25, 0.3) is 0 Å². The Balaban J connectivity index is 2.77. The highest BCUT2D eigenvalue weighted by atomic mass is 28.5.